The van der Waals surface area contributed by atoms with Gasteiger partial charge in [0.25, 0.3) is 5.91 Å². The summed E-state index contributed by atoms with van der Waals surface area (Å²) < 4.78 is 5.80. The largest absolute Gasteiger partial charge is 0.481 e. The van der Waals surface area contributed by atoms with E-state index in [0.717, 1.165) is 11.1 Å². The van der Waals surface area contributed by atoms with Gasteiger partial charge in [0, 0.05) is 16.1 Å². The van der Waals surface area contributed by atoms with E-state index in [4.69, 9.17) is 16.3 Å². The third-order valence-corrected chi connectivity index (χ3v) is 4.63. The Morgan fingerprint density at radius 3 is 2.24 bits per heavy atom. The second kappa shape index (κ2) is 8.93. The van der Waals surface area contributed by atoms with Crippen molar-refractivity contribution in [1.82, 2.24) is 0 Å². The Labute approximate surface area is 175 Å². The maximum absolute atomic E-state index is 12.9. The summed E-state index contributed by atoms with van der Waals surface area (Å²) in [6.45, 7) is 5.61. The van der Waals surface area contributed by atoms with E-state index in [1.54, 1.807) is 49.4 Å². The van der Waals surface area contributed by atoms with Gasteiger partial charge < -0.3 is 10.1 Å². The molecule has 0 aliphatic heterocycles. The zero-order valence-electron chi connectivity index (χ0n) is 16.5. The predicted molar refractivity (Wildman–Crippen MR) is 116 cm³/mol. The monoisotopic (exact) mass is 407 g/mol. The van der Waals surface area contributed by atoms with E-state index >= 15 is 0 Å². The van der Waals surface area contributed by atoms with Crippen molar-refractivity contribution < 1.29 is 14.3 Å². The third-order valence-electron chi connectivity index (χ3n) is 4.40. The van der Waals surface area contributed by atoms with E-state index in [2.05, 4.69) is 5.32 Å². The summed E-state index contributed by atoms with van der Waals surface area (Å²) in [5, 5.41) is 3.21. The third kappa shape index (κ3) is 5.24. The molecule has 0 saturated heterocycles. The molecule has 0 unspecified atom stereocenters. The molecule has 1 N–H and O–H groups in total. The molecule has 0 radical (unpaired) electrons. The summed E-state index contributed by atoms with van der Waals surface area (Å²) in [4.78, 5) is 25.6. The maximum atomic E-state index is 12.9. The number of ketones is 1. The molecule has 1 amide bonds. The van der Waals surface area contributed by atoms with Crippen molar-refractivity contribution in [2.45, 2.75) is 26.9 Å². The van der Waals surface area contributed by atoms with Gasteiger partial charge in [0.15, 0.2) is 11.9 Å². The van der Waals surface area contributed by atoms with Gasteiger partial charge in [0.1, 0.15) is 5.75 Å². The first kappa shape index (κ1) is 20.6. The van der Waals surface area contributed by atoms with Crippen LogP contribution in [-0.4, -0.2) is 17.8 Å². The molecule has 148 valence electrons. The highest BCUT2D eigenvalue weighted by atomic mass is 35.5. The van der Waals surface area contributed by atoms with Crippen molar-refractivity contribution in [3.05, 3.63) is 94.0 Å². The molecule has 0 saturated carbocycles. The fraction of sp³-hybridized carbons (Fsp3) is 0.167. The number of hydrogen-bond donors (Lipinski definition) is 1. The van der Waals surface area contributed by atoms with Crippen LogP contribution in [0.2, 0.25) is 5.02 Å². The number of rotatable bonds is 6. The minimum absolute atomic E-state index is 0.216. The van der Waals surface area contributed by atoms with Crippen LogP contribution in [0.4, 0.5) is 5.69 Å². The lowest BCUT2D eigenvalue weighted by atomic mass is 10.0. The minimum atomic E-state index is -0.744. The Bertz CT molecular complexity index is 1030. The number of carbonyl (C=O) groups is 2. The van der Waals surface area contributed by atoms with Crippen molar-refractivity contribution >= 4 is 29.0 Å². The number of anilines is 1. The van der Waals surface area contributed by atoms with Crippen LogP contribution in [0.1, 0.15) is 34.0 Å². The Morgan fingerprint density at radius 1 is 0.931 bits per heavy atom. The van der Waals surface area contributed by atoms with E-state index in [1.807, 2.05) is 38.1 Å². The second-order valence-electron chi connectivity index (χ2n) is 6.96. The molecule has 5 heteroatoms. The zero-order chi connectivity index (χ0) is 21.0. The number of ether oxygens (including phenoxy) is 1. The van der Waals surface area contributed by atoms with Gasteiger partial charge in [-0.15, -0.1) is 0 Å². The average Bonchev–Trinajstić information content (AvgIpc) is 2.68. The summed E-state index contributed by atoms with van der Waals surface area (Å²) >= 11 is 6.09. The number of aryl methyl sites for hydroxylation is 2. The molecular weight excluding hydrogens is 386 g/mol. The van der Waals surface area contributed by atoms with Gasteiger partial charge in [-0.3, -0.25) is 9.59 Å². The van der Waals surface area contributed by atoms with Crippen molar-refractivity contribution in [2.24, 2.45) is 0 Å². The molecular formula is C24H22ClNO3. The first-order valence-corrected chi connectivity index (χ1v) is 9.66. The topological polar surface area (TPSA) is 55.4 Å². The fourth-order valence-corrected chi connectivity index (χ4v) is 3.22. The van der Waals surface area contributed by atoms with Crippen LogP contribution in [0.3, 0.4) is 0 Å². The predicted octanol–water partition coefficient (Wildman–Crippen LogP) is 5.59. The van der Waals surface area contributed by atoms with Crippen molar-refractivity contribution in [1.29, 1.82) is 0 Å². The molecule has 4 nitrogen and oxygen atoms in total. The SMILES string of the molecule is Cc1cc(C)cc(O[C@@H](C)C(=O)Nc2ccc(Cl)cc2C(=O)c2ccccc2)c1. The fourth-order valence-electron chi connectivity index (χ4n) is 3.05. The zero-order valence-corrected chi connectivity index (χ0v) is 17.3. The molecule has 1 atom stereocenters. The number of amides is 1. The normalized spacial score (nSPS) is 11.6. The Balaban J connectivity index is 1.80. The summed E-state index contributed by atoms with van der Waals surface area (Å²) in [5.74, 6) is 0.0571. The highest BCUT2D eigenvalue weighted by Gasteiger charge is 2.20. The molecule has 0 spiro atoms. The van der Waals surface area contributed by atoms with Crippen LogP contribution in [0.15, 0.2) is 66.7 Å². The summed E-state index contributed by atoms with van der Waals surface area (Å²) in [7, 11) is 0. The number of nitrogens with one attached hydrogen (secondary N) is 1. The van der Waals surface area contributed by atoms with Gasteiger partial charge in [0.05, 0.1) is 5.69 Å². The number of carbonyl (C=O) groups excluding carboxylic acids is 2. The Hall–Kier alpha value is -3.11. The Morgan fingerprint density at radius 2 is 1.59 bits per heavy atom. The van der Waals surface area contributed by atoms with Crippen LogP contribution in [0, 0.1) is 13.8 Å². The van der Waals surface area contributed by atoms with Gasteiger partial charge in [-0.25, -0.2) is 0 Å². The van der Waals surface area contributed by atoms with Crippen LogP contribution in [-0.2, 0) is 4.79 Å². The van der Waals surface area contributed by atoms with Crippen LogP contribution in [0.25, 0.3) is 0 Å². The molecule has 0 heterocycles. The molecule has 0 fully saturated rings. The summed E-state index contributed by atoms with van der Waals surface area (Å²) in [6.07, 6.45) is -0.744. The lowest BCUT2D eigenvalue weighted by Crippen LogP contribution is -2.30. The summed E-state index contributed by atoms with van der Waals surface area (Å²) in [5.41, 5.74) is 3.35. The standard InChI is InChI=1S/C24H22ClNO3/c1-15-11-16(2)13-20(12-15)29-17(3)24(28)26-22-10-9-19(25)14-21(22)23(27)18-7-5-4-6-8-18/h4-14,17H,1-3H3,(H,26,28)/t17-/m0/s1. The van der Waals surface area contributed by atoms with Crippen molar-refractivity contribution in [2.75, 3.05) is 5.32 Å². The first-order chi connectivity index (χ1) is 13.8. The van der Waals surface area contributed by atoms with Gasteiger partial charge >= 0.3 is 0 Å². The van der Waals surface area contributed by atoms with E-state index in [-0.39, 0.29) is 11.7 Å². The lowest BCUT2D eigenvalue weighted by Gasteiger charge is -2.17. The molecule has 0 bridgehead atoms. The van der Waals surface area contributed by atoms with Crippen molar-refractivity contribution in [3.63, 3.8) is 0 Å². The highest BCUT2D eigenvalue weighted by molar-refractivity contribution is 6.31. The van der Waals surface area contributed by atoms with Gasteiger partial charge in [-0.1, -0.05) is 48.0 Å². The number of hydrogen-bond acceptors (Lipinski definition) is 3. The van der Waals surface area contributed by atoms with E-state index in [1.165, 1.54) is 0 Å². The van der Waals surface area contributed by atoms with Crippen LogP contribution in [0.5, 0.6) is 5.75 Å². The molecule has 3 aromatic rings. The molecule has 0 aliphatic rings. The number of benzene rings is 3. The average molecular weight is 408 g/mol. The molecule has 3 aromatic carbocycles. The van der Waals surface area contributed by atoms with E-state index in [0.29, 0.717) is 27.6 Å². The molecule has 0 aromatic heterocycles. The van der Waals surface area contributed by atoms with Crippen LogP contribution < -0.4 is 10.1 Å². The molecule has 0 aliphatic carbocycles. The lowest BCUT2D eigenvalue weighted by molar-refractivity contribution is -0.122. The Kier molecular flexibility index (Phi) is 6.35. The van der Waals surface area contributed by atoms with Gasteiger partial charge in [-0.05, 0) is 62.2 Å². The van der Waals surface area contributed by atoms with Gasteiger partial charge in [0.2, 0.25) is 0 Å². The molecule has 29 heavy (non-hydrogen) atoms. The minimum Gasteiger partial charge on any atom is -0.481 e. The van der Waals surface area contributed by atoms with Crippen LogP contribution >= 0.6 is 11.6 Å². The quantitative estimate of drug-likeness (QED) is 0.541. The van der Waals surface area contributed by atoms with E-state index < -0.39 is 6.10 Å². The highest BCUT2D eigenvalue weighted by Crippen LogP contribution is 2.24. The van der Waals surface area contributed by atoms with E-state index in [9.17, 15) is 9.59 Å². The van der Waals surface area contributed by atoms with Crippen molar-refractivity contribution in [3.8, 4) is 5.75 Å². The molecule has 3 rings (SSSR count). The second-order valence-corrected chi connectivity index (χ2v) is 7.39. The number of halogens is 1. The first-order valence-electron chi connectivity index (χ1n) is 9.28. The smallest absolute Gasteiger partial charge is 0.265 e. The maximum Gasteiger partial charge on any atom is 0.265 e. The van der Waals surface area contributed by atoms with Gasteiger partial charge in [-0.2, -0.15) is 0 Å². The summed E-state index contributed by atoms with van der Waals surface area (Å²) in [6, 6.07) is 19.5.